The van der Waals surface area contributed by atoms with Crippen molar-refractivity contribution >= 4 is 13.6 Å². The van der Waals surface area contributed by atoms with E-state index in [2.05, 4.69) is 14.5 Å². The summed E-state index contributed by atoms with van der Waals surface area (Å²) in [6.07, 6.45) is -4.20. The molecule has 1 aromatic rings. The highest BCUT2D eigenvalue weighted by Crippen LogP contribution is 2.36. The van der Waals surface area contributed by atoms with Crippen LogP contribution < -0.4 is 11.4 Å². The minimum Gasteiger partial charge on any atom is -0.387 e. The lowest BCUT2D eigenvalue weighted by Gasteiger charge is -2.16. The molecule has 1 aliphatic rings. The molecule has 2 heterocycles. The van der Waals surface area contributed by atoms with Crippen molar-refractivity contribution in [2.75, 3.05) is 12.3 Å². The Bertz CT molecular complexity index is 631. The molecule has 1 saturated heterocycles. The van der Waals surface area contributed by atoms with Crippen LogP contribution in [0.1, 0.15) is 6.23 Å². The van der Waals surface area contributed by atoms with Gasteiger partial charge < -0.3 is 30.5 Å². The maximum atomic E-state index is 11.7. The Hall–Kier alpha value is -1.37. The molecular weight excluding hydrogens is 325 g/mol. The van der Waals surface area contributed by atoms with Gasteiger partial charge in [-0.1, -0.05) is 0 Å². The molecule has 0 spiro atoms. The van der Waals surface area contributed by atoms with Crippen LogP contribution in [0.2, 0.25) is 0 Å². The van der Waals surface area contributed by atoms with E-state index in [1.165, 1.54) is 12.3 Å². The Labute approximate surface area is 122 Å². The second-order valence-corrected chi connectivity index (χ2v) is 5.57. The number of nitrogens with two attached hydrogens (primary N) is 1. The lowest BCUT2D eigenvalue weighted by atomic mass is 10.1. The van der Waals surface area contributed by atoms with E-state index < -0.39 is 44.7 Å². The summed E-state index contributed by atoms with van der Waals surface area (Å²) in [5.74, 6) is -0.0239. The Balaban J connectivity index is 2.06. The Morgan fingerprint density at radius 1 is 1.41 bits per heavy atom. The van der Waals surface area contributed by atoms with Crippen molar-refractivity contribution in [1.82, 2.24) is 9.55 Å². The number of aliphatic hydroxyl groups is 2. The van der Waals surface area contributed by atoms with E-state index in [1.807, 2.05) is 0 Å². The highest BCUT2D eigenvalue weighted by molar-refractivity contribution is 7.46. The largest absolute Gasteiger partial charge is 0.496 e. The van der Waals surface area contributed by atoms with E-state index in [-0.39, 0.29) is 5.82 Å². The zero-order chi connectivity index (χ0) is 16.5. The van der Waals surface area contributed by atoms with Gasteiger partial charge in [0.05, 0.1) is 0 Å². The minimum absolute atomic E-state index is 0.0239. The number of ether oxygens (including phenoxy) is 1. The van der Waals surface area contributed by atoms with Crippen molar-refractivity contribution < 1.29 is 38.9 Å². The molecule has 1 fully saturated rings. The number of hydrogen-bond acceptors (Lipinski definition) is 9. The summed E-state index contributed by atoms with van der Waals surface area (Å²) in [7, 11) is -4.85. The third-order valence-electron chi connectivity index (χ3n) is 2.84. The van der Waals surface area contributed by atoms with Crippen molar-refractivity contribution in [3.05, 3.63) is 22.7 Å². The van der Waals surface area contributed by atoms with E-state index >= 15 is 0 Å². The Morgan fingerprint density at radius 2 is 2.09 bits per heavy atom. The molecule has 0 aliphatic carbocycles. The summed E-state index contributed by atoms with van der Waals surface area (Å²) < 4.78 is 20.3. The van der Waals surface area contributed by atoms with Crippen molar-refractivity contribution in [2.24, 2.45) is 0 Å². The maximum Gasteiger partial charge on any atom is 0.496 e. The topological polar surface area (TPSA) is 187 Å². The second kappa shape index (κ2) is 6.40. The molecule has 0 radical (unpaired) electrons. The van der Waals surface area contributed by atoms with Gasteiger partial charge in [0, 0.05) is 6.20 Å². The lowest BCUT2D eigenvalue weighted by Crippen LogP contribution is -2.36. The van der Waals surface area contributed by atoms with Crippen LogP contribution in [0.3, 0.4) is 0 Å². The molecule has 13 heteroatoms. The van der Waals surface area contributed by atoms with Gasteiger partial charge in [-0.05, 0) is 6.07 Å². The molecule has 12 nitrogen and oxygen atoms in total. The van der Waals surface area contributed by atoms with Gasteiger partial charge in [0.2, 0.25) is 0 Å². The zero-order valence-corrected chi connectivity index (χ0v) is 11.8. The summed E-state index contributed by atoms with van der Waals surface area (Å²) in [6.45, 7) is -0.586. The second-order valence-electron chi connectivity index (χ2n) is 4.44. The van der Waals surface area contributed by atoms with Gasteiger partial charge in [-0.2, -0.15) is 4.98 Å². The number of aromatic nitrogens is 2. The highest BCUT2D eigenvalue weighted by Gasteiger charge is 2.44. The van der Waals surface area contributed by atoms with Crippen molar-refractivity contribution in [2.45, 2.75) is 24.5 Å². The van der Waals surface area contributed by atoms with Crippen LogP contribution in [0.25, 0.3) is 0 Å². The standard InChI is InChI=1S/C9H14N3O9P/c10-5-1-2-12(9(15)11-5)8-7(14)6(13)4(20-8)3-19-21-22(16,17)18/h1-2,4,6-8,13-14H,3H2,(H2,10,11,15)(H2,16,17,18)/t4-,6-,7-,8-/m1/s1. The van der Waals surface area contributed by atoms with E-state index in [0.717, 1.165) is 4.57 Å². The van der Waals surface area contributed by atoms with Gasteiger partial charge in [-0.25, -0.2) is 14.2 Å². The SMILES string of the molecule is Nc1ccn([C@@H]2O[C@H](COOP(=O)(O)O)[C@@H](O)[C@H]2O)c(=O)n1. The van der Waals surface area contributed by atoms with Crippen LogP contribution in [0.4, 0.5) is 5.82 Å². The highest BCUT2D eigenvalue weighted by atomic mass is 31.2. The molecular formula is C9H14N3O9P. The predicted molar refractivity (Wildman–Crippen MR) is 67.9 cm³/mol. The molecule has 1 aliphatic heterocycles. The quantitative estimate of drug-likeness (QED) is 0.216. The van der Waals surface area contributed by atoms with E-state index in [1.54, 1.807) is 0 Å². The number of anilines is 1. The first-order valence-corrected chi connectivity index (χ1v) is 7.45. The third kappa shape index (κ3) is 3.88. The predicted octanol–water partition coefficient (Wildman–Crippen LogP) is -2.51. The van der Waals surface area contributed by atoms with Gasteiger partial charge in [0.25, 0.3) is 0 Å². The number of rotatable bonds is 5. The summed E-state index contributed by atoms with van der Waals surface area (Å²) in [4.78, 5) is 36.3. The maximum absolute atomic E-state index is 11.7. The molecule has 0 aromatic carbocycles. The fourth-order valence-corrected chi connectivity index (χ4v) is 2.08. The van der Waals surface area contributed by atoms with Crippen molar-refractivity contribution in [3.8, 4) is 0 Å². The Morgan fingerprint density at radius 3 is 2.68 bits per heavy atom. The average molecular weight is 339 g/mol. The summed E-state index contributed by atoms with van der Waals surface area (Å²) in [5.41, 5.74) is 4.53. The van der Waals surface area contributed by atoms with Crippen molar-refractivity contribution in [3.63, 3.8) is 0 Å². The van der Waals surface area contributed by atoms with Crippen LogP contribution in [-0.2, 0) is 18.9 Å². The van der Waals surface area contributed by atoms with Gasteiger partial charge >= 0.3 is 13.5 Å². The molecule has 0 amide bonds. The van der Waals surface area contributed by atoms with Gasteiger partial charge in [0.15, 0.2) is 6.23 Å². The van der Waals surface area contributed by atoms with Crippen LogP contribution >= 0.6 is 7.82 Å². The number of hydrogen-bond donors (Lipinski definition) is 5. The van der Waals surface area contributed by atoms with Crippen LogP contribution in [0.5, 0.6) is 0 Å². The monoisotopic (exact) mass is 339 g/mol. The van der Waals surface area contributed by atoms with Crippen LogP contribution in [0.15, 0.2) is 17.1 Å². The van der Waals surface area contributed by atoms with E-state index in [9.17, 15) is 19.6 Å². The normalized spacial score (nSPS) is 28.9. The minimum atomic E-state index is -4.85. The molecule has 0 unspecified atom stereocenters. The summed E-state index contributed by atoms with van der Waals surface area (Å²) in [6, 6.07) is 1.30. The molecule has 22 heavy (non-hydrogen) atoms. The first kappa shape index (κ1) is 17.0. The molecule has 124 valence electrons. The molecule has 4 atom stereocenters. The lowest BCUT2D eigenvalue weighted by molar-refractivity contribution is -0.246. The first-order chi connectivity index (χ1) is 10.2. The molecule has 0 saturated carbocycles. The van der Waals surface area contributed by atoms with Gasteiger partial charge in [0.1, 0.15) is 30.7 Å². The zero-order valence-electron chi connectivity index (χ0n) is 10.9. The summed E-state index contributed by atoms with van der Waals surface area (Å²) in [5, 5.41) is 19.7. The van der Waals surface area contributed by atoms with E-state index in [4.69, 9.17) is 20.3 Å². The molecule has 1 aromatic heterocycles. The fourth-order valence-electron chi connectivity index (χ4n) is 1.88. The average Bonchev–Trinajstić information content (AvgIpc) is 2.66. The molecule has 6 N–H and O–H groups in total. The van der Waals surface area contributed by atoms with Crippen molar-refractivity contribution in [1.29, 1.82) is 0 Å². The number of nitrogen functional groups attached to an aromatic ring is 1. The summed E-state index contributed by atoms with van der Waals surface area (Å²) >= 11 is 0. The number of aliphatic hydroxyl groups excluding tert-OH is 2. The molecule has 2 rings (SSSR count). The van der Waals surface area contributed by atoms with Gasteiger partial charge in [-0.15, -0.1) is 4.67 Å². The van der Waals surface area contributed by atoms with E-state index in [0.29, 0.717) is 0 Å². The van der Waals surface area contributed by atoms with Crippen LogP contribution in [-0.4, -0.2) is 54.5 Å². The molecule has 0 bridgehead atoms. The fraction of sp³-hybridized carbons (Fsp3) is 0.556. The third-order valence-corrected chi connectivity index (χ3v) is 3.14. The number of phosphoric acid groups is 1. The first-order valence-electron chi connectivity index (χ1n) is 5.92. The smallest absolute Gasteiger partial charge is 0.387 e. The van der Waals surface area contributed by atoms with Gasteiger partial charge in [-0.3, -0.25) is 4.57 Å². The number of nitrogens with zero attached hydrogens (tertiary/aromatic N) is 2. The Kier molecular flexibility index (Phi) is 4.94. The van der Waals surface area contributed by atoms with Crippen LogP contribution in [0, 0.1) is 0 Å².